The summed E-state index contributed by atoms with van der Waals surface area (Å²) in [5.74, 6) is 2.58. The van der Waals surface area contributed by atoms with E-state index in [4.69, 9.17) is 19.2 Å². The Bertz CT molecular complexity index is 631. The zero-order valence-electron chi connectivity index (χ0n) is 18.4. The van der Waals surface area contributed by atoms with Crippen LogP contribution in [0, 0.1) is 5.92 Å². The van der Waals surface area contributed by atoms with Gasteiger partial charge in [0.25, 0.3) is 0 Å². The molecule has 0 radical (unpaired) electrons. The number of morpholine rings is 1. The van der Waals surface area contributed by atoms with Gasteiger partial charge < -0.3 is 24.8 Å². The van der Waals surface area contributed by atoms with Crippen LogP contribution in [0.15, 0.2) is 29.3 Å². The van der Waals surface area contributed by atoms with Gasteiger partial charge in [0.1, 0.15) is 12.4 Å². The molecule has 0 atom stereocenters. The lowest BCUT2D eigenvalue weighted by atomic mass is 10.2. The van der Waals surface area contributed by atoms with Gasteiger partial charge >= 0.3 is 0 Å². The number of para-hydroxylation sites is 1. The number of nitrogens with zero attached hydrogens (tertiary/aromatic N) is 2. The smallest absolute Gasteiger partial charge is 0.191 e. The number of hydrogen-bond acceptors (Lipinski definition) is 5. The van der Waals surface area contributed by atoms with Gasteiger partial charge in [0.2, 0.25) is 0 Å². The van der Waals surface area contributed by atoms with Crippen LogP contribution in [0.5, 0.6) is 5.75 Å². The van der Waals surface area contributed by atoms with Gasteiger partial charge in [-0.15, -0.1) is 0 Å². The minimum atomic E-state index is 0.585. The first kappa shape index (κ1) is 22.8. The lowest BCUT2D eigenvalue weighted by Gasteiger charge is -2.26. The fourth-order valence-electron chi connectivity index (χ4n) is 3.31. The third kappa shape index (κ3) is 8.90. The van der Waals surface area contributed by atoms with Gasteiger partial charge in [-0.25, -0.2) is 4.99 Å². The van der Waals surface area contributed by atoms with Crippen molar-refractivity contribution in [2.75, 3.05) is 65.8 Å². The average Bonchev–Trinajstić information content (AvgIpc) is 3.60. The molecule has 0 amide bonds. The van der Waals surface area contributed by atoms with Crippen molar-refractivity contribution < 1.29 is 14.2 Å². The fraction of sp³-hybridized carbons (Fsp3) is 0.696. The van der Waals surface area contributed by atoms with Gasteiger partial charge in [-0.05, 0) is 38.2 Å². The van der Waals surface area contributed by atoms with Gasteiger partial charge in [-0.2, -0.15) is 0 Å². The molecule has 0 spiro atoms. The molecule has 1 heterocycles. The van der Waals surface area contributed by atoms with E-state index in [0.29, 0.717) is 13.2 Å². The maximum Gasteiger partial charge on any atom is 0.191 e. The zero-order valence-corrected chi connectivity index (χ0v) is 18.4. The maximum atomic E-state index is 6.07. The van der Waals surface area contributed by atoms with Gasteiger partial charge in [0, 0.05) is 51.5 Å². The first-order chi connectivity index (χ1) is 14.8. The monoisotopic (exact) mass is 418 g/mol. The lowest BCUT2D eigenvalue weighted by Crippen LogP contribution is -2.38. The molecule has 3 rings (SSSR count). The topological polar surface area (TPSA) is 67.4 Å². The highest BCUT2D eigenvalue weighted by Gasteiger charge is 2.20. The van der Waals surface area contributed by atoms with Crippen LogP contribution in [-0.4, -0.2) is 76.6 Å². The molecule has 1 saturated carbocycles. The Hall–Kier alpha value is -1.83. The summed E-state index contributed by atoms with van der Waals surface area (Å²) in [5.41, 5.74) is 1.10. The molecule has 1 saturated heterocycles. The molecular formula is C23H38N4O3. The molecule has 1 aromatic rings. The van der Waals surface area contributed by atoms with Crippen molar-refractivity contribution >= 4 is 5.96 Å². The Balaban J connectivity index is 1.40. The van der Waals surface area contributed by atoms with Crippen LogP contribution >= 0.6 is 0 Å². The van der Waals surface area contributed by atoms with Crippen molar-refractivity contribution in [1.82, 2.24) is 15.5 Å². The van der Waals surface area contributed by atoms with Crippen molar-refractivity contribution in [2.24, 2.45) is 10.9 Å². The molecule has 0 unspecified atom stereocenters. The van der Waals surface area contributed by atoms with E-state index in [1.165, 1.54) is 12.8 Å². The minimum absolute atomic E-state index is 0.585. The Labute approximate surface area is 181 Å². The highest BCUT2D eigenvalue weighted by molar-refractivity contribution is 5.79. The summed E-state index contributed by atoms with van der Waals surface area (Å²) in [6.07, 6.45) is 3.67. The summed E-state index contributed by atoms with van der Waals surface area (Å²) >= 11 is 0. The fourth-order valence-corrected chi connectivity index (χ4v) is 3.31. The number of guanidine groups is 1. The summed E-state index contributed by atoms with van der Waals surface area (Å²) in [6.45, 7) is 11.3. The van der Waals surface area contributed by atoms with E-state index in [1.807, 2.05) is 18.2 Å². The Morgan fingerprint density at radius 2 is 2.00 bits per heavy atom. The predicted octanol–water partition coefficient (Wildman–Crippen LogP) is 2.27. The highest BCUT2D eigenvalue weighted by atomic mass is 16.5. The molecule has 2 aliphatic rings. The van der Waals surface area contributed by atoms with Crippen LogP contribution in [0.2, 0.25) is 0 Å². The molecule has 7 nitrogen and oxygen atoms in total. The van der Waals surface area contributed by atoms with E-state index in [0.717, 1.165) is 88.8 Å². The number of hydrogen-bond donors (Lipinski definition) is 2. The van der Waals surface area contributed by atoms with E-state index in [2.05, 4.69) is 28.5 Å². The van der Waals surface area contributed by atoms with Crippen LogP contribution < -0.4 is 15.4 Å². The van der Waals surface area contributed by atoms with Gasteiger partial charge in [0.15, 0.2) is 5.96 Å². The molecule has 1 aliphatic carbocycles. The van der Waals surface area contributed by atoms with Crippen molar-refractivity contribution in [3.05, 3.63) is 29.8 Å². The quantitative estimate of drug-likeness (QED) is 0.291. The maximum absolute atomic E-state index is 6.07. The molecule has 168 valence electrons. The zero-order chi connectivity index (χ0) is 20.9. The minimum Gasteiger partial charge on any atom is -0.492 e. The third-order valence-corrected chi connectivity index (χ3v) is 5.30. The molecule has 0 aromatic heterocycles. The van der Waals surface area contributed by atoms with Crippen LogP contribution in [0.4, 0.5) is 0 Å². The Morgan fingerprint density at radius 1 is 1.17 bits per heavy atom. The number of aliphatic imine (C=N–C) groups is 1. The van der Waals surface area contributed by atoms with E-state index in [-0.39, 0.29) is 0 Å². The highest BCUT2D eigenvalue weighted by Crippen LogP contribution is 2.28. The summed E-state index contributed by atoms with van der Waals surface area (Å²) in [5, 5.41) is 6.72. The van der Waals surface area contributed by atoms with Crippen molar-refractivity contribution in [2.45, 2.75) is 32.7 Å². The van der Waals surface area contributed by atoms with Crippen molar-refractivity contribution in [1.29, 1.82) is 0 Å². The number of nitrogens with one attached hydrogen (secondary N) is 2. The number of ether oxygens (including phenoxy) is 3. The second-order valence-corrected chi connectivity index (χ2v) is 7.90. The third-order valence-electron chi connectivity index (χ3n) is 5.30. The number of rotatable bonds is 13. The predicted molar refractivity (Wildman–Crippen MR) is 120 cm³/mol. The molecule has 1 aromatic carbocycles. The van der Waals surface area contributed by atoms with Crippen molar-refractivity contribution in [3.63, 3.8) is 0 Å². The largest absolute Gasteiger partial charge is 0.492 e. The first-order valence-corrected chi connectivity index (χ1v) is 11.5. The molecule has 2 fully saturated rings. The van der Waals surface area contributed by atoms with E-state index in [1.54, 1.807) is 0 Å². The van der Waals surface area contributed by atoms with Gasteiger partial charge in [0.05, 0.1) is 19.8 Å². The second-order valence-electron chi connectivity index (χ2n) is 7.90. The first-order valence-electron chi connectivity index (χ1n) is 11.5. The summed E-state index contributed by atoms with van der Waals surface area (Å²) in [6, 6.07) is 8.17. The molecule has 2 N–H and O–H groups in total. The summed E-state index contributed by atoms with van der Waals surface area (Å²) < 4.78 is 17.2. The summed E-state index contributed by atoms with van der Waals surface area (Å²) in [7, 11) is 0. The SMILES string of the molecule is CCNC(=NCc1ccccc1OCCN1CCOCC1)NCCCOCC1CC1. The lowest BCUT2D eigenvalue weighted by molar-refractivity contribution is 0.0322. The molecule has 0 bridgehead atoms. The molecule has 30 heavy (non-hydrogen) atoms. The van der Waals surface area contributed by atoms with Gasteiger partial charge in [-0.1, -0.05) is 18.2 Å². The van der Waals surface area contributed by atoms with Gasteiger partial charge in [-0.3, -0.25) is 4.90 Å². The standard InChI is InChI=1S/C23H38N4O3/c1-2-24-23(25-10-5-14-29-19-20-8-9-20)26-18-21-6-3-4-7-22(21)30-17-13-27-11-15-28-16-12-27/h3-4,6-7,20H,2,5,8-19H2,1H3,(H2,24,25,26). The van der Waals surface area contributed by atoms with Crippen LogP contribution in [0.1, 0.15) is 31.7 Å². The number of benzene rings is 1. The average molecular weight is 419 g/mol. The molecule has 7 heteroatoms. The Kier molecular flexibility index (Phi) is 10.3. The Morgan fingerprint density at radius 3 is 2.80 bits per heavy atom. The second kappa shape index (κ2) is 13.5. The summed E-state index contributed by atoms with van der Waals surface area (Å²) in [4.78, 5) is 7.13. The van der Waals surface area contributed by atoms with Crippen LogP contribution in [-0.2, 0) is 16.0 Å². The molecular weight excluding hydrogens is 380 g/mol. The van der Waals surface area contributed by atoms with Crippen LogP contribution in [0.3, 0.4) is 0 Å². The van der Waals surface area contributed by atoms with E-state index >= 15 is 0 Å². The van der Waals surface area contributed by atoms with E-state index < -0.39 is 0 Å². The molecule has 1 aliphatic heterocycles. The normalized spacial score (nSPS) is 17.7. The van der Waals surface area contributed by atoms with E-state index in [9.17, 15) is 0 Å². The van der Waals surface area contributed by atoms with Crippen molar-refractivity contribution in [3.8, 4) is 5.75 Å². The van der Waals surface area contributed by atoms with Crippen LogP contribution in [0.25, 0.3) is 0 Å².